The molecule has 0 unspecified atom stereocenters. The molecule has 0 spiro atoms. The molecule has 6 heteroatoms. The van der Waals surface area contributed by atoms with E-state index in [1.54, 1.807) is 18.2 Å². The monoisotopic (exact) mass is 352 g/mol. The van der Waals surface area contributed by atoms with Crippen LogP contribution in [0.2, 0.25) is 10.0 Å². The number of imide groups is 1. The van der Waals surface area contributed by atoms with Crippen molar-refractivity contribution in [2.24, 2.45) is 0 Å². The Morgan fingerprint density at radius 3 is 2.26 bits per heavy atom. The molecule has 0 aromatic heterocycles. The number of rotatable bonds is 3. The van der Waals surface area contributed by atoms with Gasteiger partial charge >= 0.3 is 0 Å². The van der Waals surface area contributed by atoms with Crippen molar-refractivity contribution in [1.29, 1.82) is 0 Å². The predicted octanol–water partition coefficient (Wildman–Crippen LogP) is 3.58. The van der Waals surface area contributed by atoms with E-state index in [4.69, 9.17) is 23.2 Å². The molecule has 1 fully saturated rings. The zero-order valence-corrected chi connectivity index (χ0v) is 14.6. The summed E-state index contributed by atoms with van der Waals surface area (Å²) in [4.78, 5) is 29.1. The topological polar surface area (TPSA) is 40.6 Å². The van der Waals surface area contributed by atoms with Crippen molar-refractivity contribution >= 4 is 40.6 Å². The second-order valence-corrected chi connectivity index (χ2v) is 6.96. The van der Waals surface area contributed by atoms with Crippen LogP contribution in [0, 0.1) is 0 Å². The van der Waals surface area contributed by atoms with Crippen molar-refractivity contribution in [3.05, 3.63) is 39.5 Å². The maximum absolute atomic E-state index is 12.9. The minimum Gasteiger partial charge on any atom is -0.366 e. The van der Waals surface area contributed by atoms with Crippen molar-refractivity contribution in [2.75, 3.05) is 13.1 Å². The first-order valence-corrected chi connectivity index (χ1v) is 8.50. The summed E-state index contributed by atoms with van der Waals surface area (Å²) in [6, 6.07) is 4.80. The molecule has 0 N–H and O–H groups in total. The van der Waals surface area contributed by atoms with E-state index in [0.29, 0.717) is 26.9 Å². The molecule has 2 aliphatic heterocycles. The van der Waals surface area contributed by atoms with Gasteiger partial charge in [0, 0.05) is 29.7 Å². The number of halogens is 2. The smallest absolute Gasteiger partial charge is 0.278 e. The molecule has 1 aromatic carbocycles. The molecular weight excluding hydrogens is 335 g/mol. The third-order valence-electron chi connectivity index (χ3n) is 4.23. The summed E-state index contributed by atoms with van der Waals surface area (Å²) < 4.78 is 0. The fraction of sp³-hybridized carbons (Fsp3) is 0.412. The largest absolute Gasteiger partial charge is 0.366 e. The summed E-state index contributed by atoms with van der Waals surface area (Å²) >= 11 is 12.3. The standard InChI is InChI=1S/C17H18Cl2N2O2/c1-10(2)21-16(22)14(12-6-5-11(18)9-13(12)19)15(17(21)23)20-7-3-4-8-20/h5-6,9-10H,3-4,7-8H2,1-2H3. The lowest BCUT2D eigenvalue weighted by Gasteiger charge is -2.22. The van der Waals surface area contributed by atoms with E-state index < -0.39 is 0 Å². The van der Waals surface area contributed by atoms with Crippen LogP contribution in [-0.2, 0) is 9.59 Å². The van der Waals surface area contributed by atoms with Crippen LogP contribution in [0.3, 0.4) is 0 Å². The van der Waals surface area contributed by atoms with Gasteiger partial charge in [0.25, 0.3) is 11.8 Å². The number of likely N-dealkylation sites (tertiary alicyclic amines) is 1. The molecule has 0 bridgehead atoms. The number of hydrogen-bond donors (Lipinski definition) is 0. The Morgan fingerprint density at radius 2 is 1.70 bits per heavy atom. The van der Waals surface area contributed by atoms with E-state index in [-0.39, 0.29) is 17.9 Å². The van der Waals surface area contributed by atoms with Crippen molar-refractivity contribution in [2.45, 2.75) is 32.7 Å². The Morgan fingerprint density at radius 1 is 1.04 bits per heavy atom. The molecule has 4 nitrogen and oxygen atoms in total. The summed E-state index contributed by atoms with van der Waals surface area (Å²) in [5.74, 6) is -0.510. The normalized spacial score (nSPS) is 18.8. The van der Waals surface area contributed by atoms with Gasteiger partial charge < -0.3 is 4.90 Å². The lowest BCUT2D eigenvalue weighted by molar-refractivity contribution is -0.139. The van der Waals surface area contributed by atoms with Crippen molar-refractivity contribution in [1.82, 2.24) is 9.80 Å². The number of carbonyl (C=O) groups is 2. The van der Waals surface area contributed by atoms with E-state index in [9.17, 15) is 9.59 Å². The second kappa shape index (κ2) is 6.17. The Hall–Kier alpha value is -1.52. The van der Waals surface area contributed by atoms with E-state index >= 15 is 0 Å². The van der Waals surface area contributed by atoms with Gasteiger partial charge in [-0.15, -0.1) is 0 Å². The molecule has 0 radical (unpaired) electrons. The van der Waals surface area contributed by atoms with Gasteiger partial charge in [0.2, 0.25) is 0 Å². The zero-order valence-electron chi connectivity index (χ0n) is 13.1. The summed E-state index contributed by atoms with van der Waals surface area (Å²) in [5.41, 5.74) is 1.44. The van der Waals surface area contributed by atoms with Gasteiger partial charge in [-0.25, -0.2) is 0 Å². The van der Waals surface area contributed by atoms with Crippen molar-refractivity contribution in [3.63, 3.8) is 0 Å². The van der Waals surface area contributed by atoms with Crippen LogP contribution in [-0.4, -0.2) is 40.7 Å². The van der Waals surface area contributed by atoms with Crippen LogP contribution >= 0.6 is 23.2 Å². The zero-order chi connectivity index (χ0) is 16.7. The fourth-order valence-electron chi connectivity index (χ4n) is 3.17. The Bertz CT molecular complexity index is 707. The van der Waals surface area contributed by atoms with E-state index in [0.717, 1.165) is 25.9 Å². The molecule has 0 atom stereocenters. The third-order valence-corrected chi connectivity index (χ3v) is 4.78. The summed E-state index contributed by atoms with van der Waals surface area (Å²) in [6.45, 7) is 5.25. The molecule has 2 amide bonds. The lowest BCUT2D eigenvalue weighted by atomic mass is 10.0. The van der Waals surface area contributed by atoms with Gasteiger partial charge in [-0.05, 0) is 38.8 Å². The Labute approximate surface area is 145 Å². The van der Waals surface area contributed by atoms with Gasteiger partial charge in [0.05, 0.1) is 10.6 Å². The number of benzene rings is 1. The Kier molecular flexibility index (Phi) is 4.39. The van der Waals surface area contributed by atoms with Gasteiger partial charge in [-0.2, -0.15) is 0 Å². The summed E-state index contributed by atoms with van der Waals surface area (Å²) in [5, 5.41) is 0.885. The lowest BCUT2D eigenvalue weighted by Crippen LogP contribution is -2.39. The van der Waals surface area contributed by atoms with Crippen LogP contribution in [0.4, 0.5) is 0 Å². The molecule has 2 aliphatic rings. The van der Waals surface area contributed by atoms with Crippen molar-refractivity contribution in [3.8, 4) is 0 Å². The highest BCUT2D eigenvalue weighted by Crippen LogP contribution is 2.37. The van der Waals surface area contributed by atoms with Gasteiger partial charge in [0.15, 0.2) is 0 Å². The van der Waals surface area contributed by atoms with Crippen LogP contribution < -0.4 is 0 Å². The predicted molar refractivity (Wildman–Crippen MR) is 91.2 cm³/mol. The van der Waals surface area contributed by atoms with Crippen molar-refractivity contribution < 1.29 is 9.59 Å². The Balaban J connectivity index is 2.17. The quantitative estimate of drug-likeness (QED) is 0.780. The maximum atomic E-state index is 12.9. The van der Waals surface area contributed by atoms with Gasteiger partial charge in [-0.3, -0.25) is 14.5 Å². The van der Waals surface area contributed by atoms with E-state index in [2.05, 4.69) is 0 Å². The number of carbonyl (C=O) groups excluding carboxylic acids is 2. The highest BCUT2D eigenvalue weighted by atomic mass is 35.5. The number of hydrogen-bond acceptors (Lipinski definition) is 3. The second-order valence-electron chi connectivity index (χ2n) is 6.12. The average Bonchev–Trinajstić information content (AvgIpc) is 3.05. The highest BCUT2D eigenvalue weighted by molar-refractivity contribution is 6.41. The van der Waals surface area contributed by atoms with Crippen LogP contribution in [0.25, 0.3) is 5.57 Å². The van der Waals surface area contributed by atoms with Gasteiger partial charge in [-0.1, -0.05) is 29.3 Å². The van der Waals surface area contributed by atoms with Crippen LogP contribution in [0.1, 0.15) is 32.3 Å². The first-order chi connectivity index (χ1) is 10.9. The minimum absolute atomic E-state index is 0.198. The fourth-order valence-corrected chi connectivity index (χ4v) is 3.68. The molecule has 3 rings (SSSR count). The first-order valence-electron chi connectivity index (χ1n) is 7.74. The third kappa shape index (κ3) is 2.74. The first kappa shape index (κ1) is 16.3. The molecule has 1 saturated heterocycles. The molecule has 1 aromatic rings. The number of amides is 2. The van der Waals surface area contributed by atoms with E-state index in [1.807, 2.05) is 18.7 Å². The number of nitrogens with zero attached hydrogens (tertiary/aromatic N) is 2. The summed E-state index contributed by atoms with van der Waals surface area (Å²) in [6.07, 6.45) is 2.04. The van der Waals surface area contributed by atoms with E-state index in [1.165, 1.54) is 4.90 Å². The molecule has 23 heavy (non-hydrogen) atoms. The summed E-state index contributed by atoms with van der Waals surface area (Å²) in [7, 11) is 0. The highest BCUT2D eigenvalue weighted by Gasteiger charge is 2.43. The molecular formula is C17H18Cl2N2O2. The van der Waals surface area contributed by atoms with Gasteiger partial charge in [0.1, 0.15) is 5.70 Å². The van der Waals surface area contributed by atoms with Crippen LogP contribution in [0.15, 0.2) is 23.9 Å². The van der Waals surface area contributed by atoms with Crippen LogP contribution in [0.5, 0.6) is 0 Å². The molecule has 0 aliphatic carbocycles. The molecule has 0 saturated carbocycles. The molecule has 122 valence electrons. The minimum atomic E-state index is -0.281. The SMILES string of the molecule is CC(C)N1C(=O)C(c2ccc(Cl)cc2Cl)=C(N2CCCC2)C1=O. The average molecular weight is 353 g/mol. The maximum Gasteiger partial charge on any atom is 0.278 e. The molecule has 2 heterocycles.